The van der Waals surface area contributed by atoms with Crippen LogP contribution in [0.15, 0.2) is 30.3 Å². The molecule has 1 N–H and O–H groups in total. The Hall–Kier alpha value is -1.03. The Morgan fingerprint density at radius 2 is 2.14 bits per heavy atom. The van der Waals surface area contributed by atoms with Gasteiger partial charge in [0.05, 0.1) is 4.34 Å². The average molecular weight is 322 g/mol. The summed E-state index contributed by atoms with van der Waals surface area (Å²) in [4.78, 5) is 1.43. The molecule has 0 aliphatic heterocycles. The van der Waals surface area contributed by atoms with Crippen molar-refractivity contribution in [2.45, 2.75) is 38.8 Å². The van der Waals surface area contributed by atoms with Crippen molar-refractivity contribution < 1.29 is 4.74 Å². The highest BCUT2D eigenvalue weighted by atomic mass is 35.5. The van der Waals surface area contributed by atoms with Crippen LogP contribution in [0.3, 0.4) is 0 Å². The van der Waals surface area contributed by atoms with E-state index in [1.165, 1.54) is 16.0 Å². The minimum absolute atomic E-state index is 0.306. The summed E-state index contributed by atoms with van der Waals surface area (Å²) in [6, 6.07) is 11.0. The molecule has 1 heterocycles. The summed E-state index contributed by atoms with van der Waals surface area (Å²) in [5.74, 6) is 0.930. The average Bonchev–Trinajstić information content (AvgIpc) is 2.99. The highest BCUT2D eigenvalue weighted by Crippen LogP contribution is 2.39. The third-order valence-electron chi connectivity index (χ3n) is 3.85. The van der Waals surface area contributed by atoms with Gasteiger partial charge in [0.2, 0.25) is 0 Å². The molecule has 0 bridgehead atoms. The topological polar surface area (TPSA) is 21.3 Å². The minimum atomic E-state index is 0.306. The molecule has 0 saturated heterocycles. The van der Waals surface area contributed by atoms with Gasteiger partial charge >= 0.3 is 0 Å². The van der Waals surface area contributed by atoms with E-state index in [1.54, 1.807) is 11.3 Å². The first-order chi connectivity index (χ1) is 10.1. The Bertz CT molecular complexity index is 608. The van der Waals surface area contributed by atoms with E-state index in [1.807, 2.05) is 12.1 Å². The maximum atomic E-state index is 6.10. The first-order valence-corrected chi connectivity index (χ1v) is 8.55. The van der Waals surface area contributed by atoms with Gasteiger partial charge in [-0.1, -0.05) is 29.3 Å². The van der Waals surface area contributed by atoms with Crippen LogP contribution in [0, 0.1) is 6.92 Å². The Balaban J connectivity index is 1.53. The second kappa shape index (κ2) is 6.39. The largest absolute Gasteiger partial charge is 0.492 e. The Morgan fingerprint density at radius 1 is 1.38 bits per heavy atom. The summed E-state index contributed by atoms with van der Waals surface area (Å²) in [7, 11) is 0. The van der Waals surface area contributed by atoms with Crippen molar-refractivity contribution in [1.82, 2.24) is 5.32 Å². The predicted molar refractivity (Wildman–Crippen MR) is 89.7 cm³/mol. The normalized spacial score (nSPS) is 18.5. The monoisotopic (exact) mass is 321 g/mol. The van der Waals surface area contributed by atoms with Crippen molar-refractivity contribution in [3.8, 4) is 5.75 Å². The highest BCUT2D eigenvalue weighted by Gasteiger charge is 2.26. The molecule has 21 heavy (non-hydrogen) atoms. The molecule has 0 radical (unpaired) electrons. The lowest BCUT2D eigenvalue weighted by atomic mass is 10.1. The first kappa shape index (κ1) is 14.9. The smallest absolute Gasteiger partial charge is 0.119 e. The van der Waals surface area contributed by atoms with E-state index in [0.29, 0.717) is 18.7 Å². The number of fused-ring (bicyclic) bond motifs is 1. The molecule has 1 aliphatic rings. The van der Waals surface area contributed by atoms with Gasteiger partial charge in [0, 0.05) is 17.0 Å². The van der Waals surface area contributed by atoms with E-state index in [9.17, 15) is 0 Å². The molecule has 2 atom stereocenters. The maximum absolute atomic E-state index is 6.10. The standard InChI is InChI=1S/C17H20ClNOS/c1-11-3-5-13(6-4-11)20-10-12(2)19-15-7-8-16-14(15)9-17(18)21-16/h3-6,9,12,15,19H,7-8,10H2,1-2H3. The number of halogens is 1. The molecule has 2 aromatic rings. The van der Waals surface area contributed by atoms with Crippen molar-refractivity contribution in [2.75, 3.05) is 6.61 Å². The molecule has 4 heteroatoms. The fourth-order valence-electron chi connectivity index (χ4n) is 2.75. The Labute approximate surface area is 135 Å². The first-order valence-electron chi connectivity index (χ1n) is 7.35. The van der Waals surface area contributed by atoms with Gasteiger partial charge in [0.25, 0.3) is 0 Å². The molecule has 3 rings (SSSR count). The second-order valence-electron chi connectivity index (χ2n) is 5.71. The molecule has 1 aromatic carbocycles. The molecular weight excluding hydrogens is 302 g/mol. The molecule has 1 aliphatic carbocycles. The summed E-state index contributed by atoms with van der Waals surface area (Å²) in [6.45, 7) is 4.92. The number of aryl methyl sites for hydroxylation is 2. The van der Waals surface area contributed by atoms with E-state index in [4.69, 9.17) is 16.3 Å². The van der Waals surface area contributed by atoms with E-state index >= 15 is 0 Å². The van der Waals surface area contributed by atoms with Crippen molar-refractivity contribution in [2.24, 2.45) is 0 Å². The van der Waals surface area contributed by atoms with Crippen LogP contribution in [0.2, 0.25) is 4.34 Å². The molecule has 2 nitrogen and oxygen atoms in total. The molecule has 1 aromatic heterocycles. The number of thiophene rings is 1. The van der Waals surface area contributed by atoms with Crippen LogP contribution in [0.4, 0.5) is 0 Å². The van der Waals surface area contributed by atoms with Crippen molar-refractivity contribution in [3.05, 3.63) is 50.7 Å². The maximum Gasteiger partial charge on any atom is 0.119 e. The van der Waals surface area contributed by atoms with Gasteiger partial charge in [-0.2, -0.15) is 0 Å². The minimum Gasteiger partial charge on any atom is -0.492 e. The highest BCUT2D eigenvalue weighted by molar-refractivity contribution is 7.16. The van der Waals surface area contributed by atoms with E-state index < -0.39 is 0 Å². The van der Waals surface area contributed by atoms with Crippen LogP contribution in [-0.2, 0) is 6.42 Å². The van der Waals surface area contributed by atoms with Gasteiger partial charge in [-0.25, -0.2) is 0 Å². The summed E-state index contributed by atoms with van der Waals surface area (Å²) in [6.07, 6.45) is 2.29. The predicted octanol–water partition coefficient (Wildman–Crippen LogP) is 4.75. The van der Waals surface area contributed by atoms with Crippen LogP contribution in [0.25, 0.3) is 0 Å². The molecule has 112 valence electrons. The zero-order chi connectivity index (χ0) is 14.8. The van der Waals surface area contributed by atoms with Gasteiger partial charge in [-0.3, -0.25) is 0 Å². The number of nitrogens with one attached hydrogen (secondary N) is 1. The number of hydrogen-bond acceptors (Lipinski definition) is 3. The van der Waals surface area contributed by atoms with Crippen LogP contribution in [-0.4, -0.2) is 12.6 Å². The Morgan fingerprint density at radius 3 is 2.90 bits per heavy atom. The number of ether oxygens (including phenoxy) is 1. The third kappa shape index (κ3) is 3.60. The van der Waals surface area contributed by atoms with Gasteiger partial charge in [-0.15, -0.1) is 11.3 Å². The zero-order valence-corrected chi connectivity index (χ0v) is 13.9. The van der Waals surface area contributed by atoms with Crippen molar-refractivity contribution in [1.29, 1.82) is 0 Å². The van der Waals surface area contributed by atoms with Gasteiger partial charge in [-0.05, 0) is 50.5 Å². The lowest BCUT2D eigenvalue weighted by molar-refractivity contribution is 0.261. The van der Waals surface area contributed by atoms with Gasteiger partial charge < -0.3 is 10.1 Å². The van der Waals surface area contributed by atoms with E-state index in [0.717, 1.165) is 22.9 Å². The summed E-state index contributed by atoms with van der Waals surface area (Å²) < 4.78 is 6.74. The SMILES string of the molecule is Cc1ccc(OCC(C)NC2CCc3sc(Cl)cc32)cc1. The fraction of sp³-hybridized carbons (Fsp3) is 0.412. The van der Waals surface area contributed by atoms with Crippen molar-refractivity contribution in [3.63, 3.8) is 0 Å². The molecule has 0 amide bonds. The molecule has 0 spiro atoms. The van der Waals surface area contributed by atoms with Crippen LogP contribution in [0.5, 0.6) is 5.75 Å². The fourth-order valence-corrected chi connectivity index (χ4v) is 4.11. The van der Waals surface area contributed by atoms with Crippen LogP contribution >= 0.6 is 22.9 Å². The number of hydrogen-bond donors (Lipinski definition) is 1. The molecular formula is C17H20ClNOS. The summed E-state index contributed by atoms with van der Waals surface area (Å²) in [5.41, 5.74) is 2.63. The third-order valence-corrected chi connectivity index (χ3v) is 5.19. The lowest BCUT2D eigenvalue weighted by Gasteiger charge is -2.20. The van der Waals surface area contributed by atoms with Crippen LogP contribution < -0.4 is 10.1 Å². The Kier molecular flexibility index (Phi) is 4.53. The van der Waals surface area contributed by atoms with Crippen molar-refractivity contribution >= 4 is 22.9 Å². The number of rotatable bonds is 5. The van der Waals surface area contributed by atoms with E-state index in [2.05, 4.69) is 37.4 Å². The quantitative estimate of drug-likeness (QED) is 0.857. The lowest BCUT2D eigenvalue weighted by Crippen LogP contribution is -2.34. The molecule has 0 fully saturated rings. The van der Waals surface area contributed by atoms with Crippen LogP contribution in [0.1, 0.15) is 35.4 Å². The van der Waals surface area contributed by atoms with Gasteiger partial charge in [0.1, 0.15) is 12.4 Å². The van der Waals surface area contributed by atoms with E-state index in [-0.39, 0.29) is 0 Å². The van der Waals surface area contributed by atoms with Gasteiger partial charge in [0.15, 0.2) is 0 Å². The summed E-state index contributed by atoms with van der Waals surface area (Å²) in [5, 5.41) is 3.65. The second-order valence-corrected chi connectivity index (χ2v) is 7.48. The number of benzene rings is 1. The summed E-state index contributed by atoms with van der Waals surface area (Å²) >= 11 is 7.81. The zero-order valence-electron chi connectivity index (χ0n) is 12.4. The molecule has 0 saturated carbocycles. The molecule has 2 unspecified atom stereocenters.